The summed E-state index contributed by atoms with van der Waals surface area (Å²) in [4.78, 5) is 25.9. The molecule has 5 heteroatoms. The molecule has 1 aliphatic heterocycles. The van der Waals surface area contributed by atoms with Gasteiger partial charge in [-0.15, -0.1) is 0 Å². The molecule has 3 aliphatic rings. The number of rotatable bonds is 2. The molecule has 0 radical (unpaired) electrons. The van der Waals surface area contributed by atoms with E-state index in [4.69, 9.17) is 4.74 Å². The number of allylic oxidation sites excluding steroid dienone is 2. The van der Waals surface area contributed by atoms with Gasteiger partial charge in [0.2, 0.25) is 5.91 Å². The molecular formula is C14H19NO4. The van der Waals surface area contributed by atoms with E-state index in [1.54, 1.807) is 4.90 Å². The zero-order chi connectivity index (χ0) is 13.4. The Bertz CT molecular complexity index is 412. The molecule has 1 N–H and O–H groups in total. The maximum atomic E-state index is 12.6. The fraction of sp³-hybridized carbons (Fsp3) is 0.714. The van der Waals surface area contributed by atoms with Crippen molar-refractivity contribution in [3.8, 4) is 0 Å². The Hall–Kier alpha value is -1.36. The van der Waals surface area contributed by atoms with Crippen molar-refractivity contribution in [2.75, 3.05) is 26.3 Å². The number of carbonyl (C=O) groups excluding carboxylic acids is 1. The lowest BCUT2D eigenvalue weighted by atomic mass is 9.82. The molecule has 4 unspecified atom stereocenters. The van der Waals surface area contributed by atoms with Crippen LogP contribution in [0.1, 0.15) is 12.8 Å². The summed E-state index contributed by atoms with van der Waals surface area (Å²) in [6.07, 6.45) is 5.65. The summed E-state index contributed by atoms with van der Waals surface area (Å²) in [5, 5.41) is 9.38. The zero-order valence-electron chi connectivity index (χ0n) is 10.8. The van der Waals surface area contributed by atoms with E-state index in [9.17, 15) is 14.7 Å². The van der Waals surface area contributed by atoms with Gasteiger partial charge in [-0.25, -0.2) is 0 Å². The fourth-order valence-corrected chi connectivity index (χ4v) is 3.67. The number of hydrogen-bond donors (Lipinski definition) is 1. The van der Waals surface area contributed by atoms with Crippen LogP contribution in [0.3, 0.4) is 0 Å². The summed E-state index contributed by atoms with van der Waals surface area (Å²) in [5.74, 6) is -1.57. The number of carboxylic acid groups (broad SMARTS) is 1. The summed E-state index contributed by atoms with van der Waals surface area (Å²) >= 11 is 0. The van der Waals surface area contributed by atoms with Crippen LogP contribution < -0.4 is 0 Å². The molecule has 19 heavy (non-hydrogen) atoms. The topological polar surface area (TPSA) is 66.8 Å². The second-order valence-corrected chi connectivity index (χ2v) is 5.63. The van der Waals surface area contributed by atoms with Gasteiger partial charge < -0.3 is 14.7 Å². The average molecular weight is 265 g/mol. The van der Waals surface area contributed by atoms with Gasteiger partial charge in [0.1, 0.15) is 0 Å². The van der Waals surface area contributed by atoms with Crippen molar-refractivity contribution in [1.29, 1.82) is 0 Å². The number of carboxylic acids is 1. The van der Waals surface area contributed by atoms with Crippen molar-refractivity contribution >= 4 is 11.9 Å². The SMILES string of the molecule is O=C(O)C1C2C=CC(C2)C1C(=O)N1CCCOCC1. The Morgan fingerprint density at radius 1 is 1.11 bits per heavy atom. The third-order valence-corrected chi connectivity index (χ3v) is 4.56. The van der Waals surface area contributed by atoms with Crippen LogP contribution in [0.15, 0.2) is 12.2 Å². The lowest BCUT2D eigenvalue weighted by Gasteiger charge is -2.29. The van der Waals surface area contributed by atoms with Crippen molar-refractivity contribution in [2.24, 2.45) is 23.7 Å². The van der Waals surface area contributed by atoms with Crippen molar-refractivity contribution in [3.63, 3.8) is 0 Å². The Kier molecular flexibility index (Phi) is 3.31. The van der Waals surface area contributed by atoms with Crippen LogP contribution in [0.25, 0.3) is 0 Å². The summed E-state index contributed by atoms with van der Waals surface area (Å²) in [6, 6.07) is 0. The first-order valence-corrected chi connectivity index (χ1v) is 6.96. The fourth-order valence-electron chi connectivity index (χ4n) is 3.67. The normalized spacial score (nSPS) is 37.4. The van der Waals surface area contributed by atoms with Crippen LogP contribution in [0.4, 0.5) is 0 Å². The quantitative estimate of drug-likeness (QED) is 0.748. The van der Waals surface area contributed by atoms with Gasteiger partial charge in [0.15, 0.2) is 0 Å². The van der Waals surface area contributed by atoms with Crippen molar-refractivity contribution in [3.05, 3.63) is 12.2 Å². The summed E-state index contributed by atoms with van der Waals surface area (Å²) in [5.41, 5.74) is 0. The van der Waals surface area contributed by atoms with Crippen molar-refractivity contribution in [2.45, 2.75) is 12.8 Å². The summed E-state index contributed by atoms with van der Waals surface area (Å²) < 4.78 is 5.35. The minimum absolute atomic E-state index is 0.00903. The Labute approximate surface area is 112 Å². The van der Waals surface area contributed by atoms with Gasteiger partial charge in [0.25, 0.3) is 0 Å². The van der Waals surface area contributed by atoms with Crippen LogP contribution in [0.5, 0.6) is 0 Å². The Morgan fingerprint density at radius 2 is 1.84 bits per heavy atom. The molecule has 5 nitrogen and oxygen atoms in total. The largest absolute Gasteiger partial charge is 0.481 e. The van der Waals surface area contributed by atoms with Gasteiger partial charge >= 0.3 is 5.97 Å². The molecule has 1 saturated heterocycles. The van der Waals surface area contributed by atoms with Gasteiger partial charge in [-0.2, -0.15) is 0 Å². The van der Waals surface area contributed by atoms with E-state index in [-0.39, 0.29) is 23.7 Å². The third-order valence-electron chi connectivity index (χ3n) is 4.56. The van der Waals surface area contributed by atoms with Crippen LogP contribution in [0, 0.1) is 23.7 Å². The highest BCUT2D eigenvalue weighted by atomic mass is 16.5. The molecule has 0 spiro atoms. The van der Waals surface area contributed by atoms with Gasteiger partial charge in [0.05, 0.1) is 18.4 Å². The molecule has 3 rings (SSSR count). The molecule has 2 bridgehead atoms. The minimum Gasteiger partial charge on any atom is -0.481 e. The third kappa shape index (κ3) is 2.16. The van der Waals surface area contributed by atoms with Crippen molar-refractivity contribution < 1.29 is 19.4 Å². The second-order valence-electron chi connectivity index (χ2n) is 5.63. The molecule has 2 fully saturated rings. The molecule has 0 aromatic carbocycles. The van der Waals surface area contributed by atoms with Crippen LogP contribution >= 0.6 is 0 Å². The molecule has 0 aromatic heterocycles. The van der Waals surface area contributed by atoms with E-state index >= 15 is 0 Å². The molecule has 1 heterocycles. The maximum Gasteiger partial charge on any atom is 0.307 e. The zero-order valence-corrected chi connectivity index (χ0v) is 10.8. The monoisotopic (exact) mass is 265 g/mol. The number of aliphatic carboxylic acids is 1. The summed E-state index contributed by atoms with van der Waals surface area (Å²) in [6.45, 7) is 2.51. The Morgan fingerprint density at radius 3 is 2.58 bits per heavy atom. The summed E-state index contributed by atoms with van der Waals surface area (Å²) in [7, 11) is 0. The van der Waals surface area contributed by atoms with E-state index in [2.05, 4.69) is 0 Å². The molecule has 1 amide bonds. The Balaban J connectivity index is 1.78. The number of nitrogens with zero attached hydrogens (tertiary/aromatic N) is 1. The van der Waals surface area contributed by atoms with Gasteiger partial charge in [-0.1, -0.05) is 12.2 Å². The van der Waals surface area contributed by atoms with E-state index < -0.39 is 11.9 Å². The first-order valence-electron chi connectivity index (χ1n) is 6.96. The molecule has 104 valence electrons. The van der Waals surface area contributed by atoms with Gasteiger partial charge in [0, 0.05) is 19.7 Å². The van der Waals surface area contributed by atoms with Gasteiger partial charge in [-0.05, 0) is 24.7 Å². The van der Waals surface area contributed by atoms with Crippen molar-refractivity contribution in [1.82, 2.24) is 4.90 Å². The van der Waals surface area contributed by atoms with Crippen LogP contribution in [-0.2, 0) is 14.3 Å². The molecule has 4 atom stereocenters. The second kappa shape index (κ2) is 4.96. The number of ether oxygens (including phenoxy) is 1. The molecule has 0 aromatic rings. The first-order chi connectivity index (χ1) is 9.18. The smallest absolute Gasteiger partial charge is 0.307 e. The number of amides is 1. The van der Waals surface area contributed by atoms with Gasteiger partial charge in [-0.3, -0.25) is 9.59 Å². The highest BCUT2D eigenvalue weighted by Gasteiger charge is 2.52. The predicted octanol–water partition coefficient (Wildman–Crippen LogP) is 0.758. The van der Waals surface area contributed by atoms with Crippen LogP contribution in [0.2, 0.25) is 0 Å². The van der Waals surface area contributed by atoms with E-state index in [0.717, 1.165) is 12.8 Å². The maximum absolute atomic E-state index is 12.6. The van der Waals surface area contributed by atoms with E-state index in [1.165, 1.54) is 0 Å². The molecular weight excluding hydrogens is 246 g/mol. The number of hydrogen-bond acceptors (Lipinski definition) is 3. The first kappa shape index (κ1) is 12.7. The lowest BCUT2D eigenvalue weighted by Crippen LogP contribution is -2.43. The average Bonchev–Trinajstić information content (AvgIpc) is 2.89. The highest BCUT2D eigenvalue weighted by molar-refractivity contribution is 5.87. The number of carbonyl (C=O) groups is 2. The molecule has 1 saturated carbocycles. The van der Waals surface area contributed by atoms with E-state index in [1.807, 2.05) is 12.2 Å². The lowest BCUT2D eigenvalue weighted by molar-refractivity contribution is -0.151. The van der Waals surface area contributed by atoms with E-state index in [0.29, 0.717) is 26.3 Å². The number of fused-ring (bicyclic) bond motifs is 2. The highest BCUT2D eigenvalue weighted by Crippen LogP contribution is 2.48. The standard InChI is InChI=1S/C14H19NO4/c16-13(15-4-1-6-19-7-5-15)11-9-2-3-10(8-9)12(11)14(17)18/h2-3,9-12H,1,4-8H2,(H,17,18). The minimum atomic E-state index is -0.832. The van der Waals surface area contributed by atoms with Crippen LogP contribution in [-0.4, -0.2) is 48.2 Å². The predicted molar refractivity (Wildman–Crippen MR) is 67.4 cm³/mol. The molecule has 2 aliphatic carbocycles.